The van der Waals surface area contributed by atoms with Crippen molar-refractivity contribution in [1.82, 2.24) is 0 Å². The van der Waals surface area contributed by atoms with Gasteiger partial charge in [0.1, 0.15) is 0 Å². The second-order valence-electron chi connectivity index (χ2n) is 10.1. The molecule has 0 saturated heterocycles. The van der Waals surface area contributed by atoms with Crippen LogP contribution < -0.4 is 10.4 Å². The van der Waals surface area contributed by atoms with Crippen LogP contribution in [0.4, 0.5) is 0 Å². The average molecular weight is 429 g/mol. The highest BCUT2D eigenvalue weighted by molar-refractivity contribution is 6.43. The molecule has 8 aromatic rings. The lowest BCUT2D eigenvalue weighted by Crippen LogP contribution is -2.17. The Balaban J connectivity index is 1.79. The summed E-state index contributed by atoms with van der Waals surface area (Å²) in [5, 5.41) is 21.4. The number of rotatable bonds is 0. The fourth-order valence-corrected chi connectivity index (χ4v) is 7.33. The monoisotopic (exact) mass is 428 g/mol. The topological polar surface area (TPSA) is 0 Å². The van der Waals surface area contributed by atoms with Crippen LogP contribution in [-0.4, -0.2) is 0 Å². The first-order chi connectivity index (χ1) is 16.7. The molecule has 0 spiro atoms. The maximum atomic E-state index is 4.77. The molecule has 0 bridgehead atoms. The number of hydrogen-bond donors (Lipinski definition) is 0. The summed E-state index contributed by atoms with van der Waals surface area (Å²) in [6.07, 6.45) is 2.12. The van der Waals surface area contributed by atoms with Crippen LogP contribution in [0, 0.1) is 0 Å². The van der Waals surface area contributed by atoms with Crippen molar-refractivity contribution in [2.24, 2.45) is 0 Å². The number of benzene rings is 8. The molecule has 0 nitrogen and oxygen atoms in total. The summed E-state index contributed by atoms with van der Waals surface area (Å²) in [5.74, 6) is 0. The molecule has 34 heavy (non-hydrogen) atoms. The Hall–Kier alpha value is -4.16. The molecule has 0 heteroatoms. The van der Waals surface area contributed by atoms with Gasteiger partial charge in [0.15, 0.2) is 0 Å². The van der Waals surface area contributed by atoms with Gasteiger partial charge in [0.05, 0.1) is 0 Å². The van der Waals surface area contributed by atoms with E-state index in [0.717, 1.165) is 18.1 Å². The van der Waals surface area contributed by atoms with Crippen LogP contribution in [0.2, 0.25) is 0 Å². The maximum absolute atomic E-state index is 4.77. The van der Waals surface area contributed by atoms with Crippen LogP contribution in [0.3, 0.4) is 0 Å². The van der Waals surface area contributed by atoms with Crippen LogP contribution in [0.1, 0.15) is 11.1 Å². The standard InChI is InChI=1S/C34H20/c1-17-9-10-19-5-3-7-23-25-15-16-26-24-8-4-6-20-11-12-21-13-14-22-18(2)28(27(17)29(19)23)33(25)34(26)32(22)31(21)30(20)24/h3-12,15-16H,1-2,13-14H2. The molecule has 0 unspecified atom stereocenters. The molecule has 1 aliphatic rings. The molecule has 0 amide bonds. The second kappa shape index (κ2) is 5.48. The van der Waals surface area contributed by atoms with Gasteiger partial charge in [-0.3, -0.25) is 0 Å². The first-order valence-electron chi connectivity index (χ1n) is 12.1. The molecule has 0 N–H and O–H groups in total. The Kier molecular flexibility index (Phi) is 2.80. The van der Waals surface area contributed by atoms with Crippen LogP contribution in [-0.2, 0) is 12.8 Å². The van der Waals surface area contributed by atoms with Gasteiger partial charge in [-0.2, -0.15) is 0 Å². The van der Waals surface area contributed by atoms with Crippen molar-refractivity contribution in [1.29, 1.82) is 0 Å². The normalized spacial score (nSPS) is 13.9. The fraction of sp³-hybridized carbons (Fsp3) is 0.0588. The molecule has 0 atom stereocenters. The molecule has 0 heterocycles. The Morgan fingerprint density at radius 2 is 1.06 bits per heavy atom. The third kappa shape index (κ3) is 1.72. The Labute approximate surface area is 195 Å². The van der Waals surface area contributed by atoms with E-state index in [1.54, 1.807) is 0 Å². The Morgan fingerprint density at radius 1 is 0.441 bits per heavy atom. The Bertz CT molecular complexity index is 2300. The molecular formula is C34H20. The SMILES string of the molecule is C=c1ccc2cccc3c4ccc5c6cccc7ccc8c(c9c(c(=C)c(c1c23)c4c59)CC8)c76. The van der Waals surface area contributed by atoms with Gasteiger partial charge in [-0.25, -0.2) is 0 Å². The minimum Gasteiger partial charge on any atom is -0.0911 e. The highest BCUT2D eigenvalue weighted by Crippen LogP contribution is 2.48. The average Bonchev–Trinajstić information content (AvgIpc) is 2.88. The molecule has 0 radical (unpaired) electrons. The molecular weight excluding hydrogens is 408 g/mol. The molecule has 8 aromatic carbocycles. The molecule has 156 valence electrons. The summed E-state index contributed by atoms with van der Waals surface area (Å²) in [4.78, 5) is 0. The van der Waals surface area contributed by atoms with Gasteiger partial charge < -0.3 is 0 Å². The fourth-order valence-electron chi connectivity index (χ4n) is 7.33. The van der Waals surface area contributed by atoms with Crippen LogP contribution in [0.25, 0.3) is 88.6 Å². The lowest BCUT2D eigenvalue weighted by Gasteiger charge is -2.26. The van der Waals surface area contributed by atoms with E-state index in [2.05, 4.69) is 79.4 Å². The molecule has 0 fully saturated rings. The predicted octanol–water partition coefficient (Wildman–Crippen LogP) is 7.55. The molecule has 9 rings (SSSR count). The first kappa shape index (κ1) is 17.3. The van der Waals surface area contributed by atoms with Gasteiger partial charge in [-0.15, -0.1) is 0 Å². The summed E-state index contributed by atoms with van der Waals surface area (Å²) in [6, 6.07) is 27.3. The molecule has 0 aromatic heterocycles. The number of aryl methyl sites for hydroxylation is 2. The van der Waals surface area contributed by atoms with E-state index in [1.165, 1.54) is 91.8 Å². The molecule has 0 aliphatic heterocycles. The summed E-state index contributed by atoms with van der Waals surface area (Å²) >= 11 is 0. The van der Waals surface area contributed by atoms with Crippen molar-refractivity contribution in [3.8, 4) is 0 Å². The lowest BCUT2D eigenvalue weighted by atomic mass is 9.77. The zero-order chi connectivity index (χ0) is 22.3. The van der Waals surface area contributed by atoms with Gasteiger partial charge in [0, 0.05) is 0 Å². The summed E-state index contributed by atoms with van der Waals surface area (Å²) in [7, 11) is 0. The van der Waals surface area contributed by atoms with E-state index in [-0.39, 0.29) is 0 Å². The van der Waals surface area contributed by atoms with Gasteiger partial charge in [0.25, 0.3) is 0 Å². The maximum Gasteiger partial charge on any atom is -0.000763 e. The van der Waals surface area contributed by atoms with E-state index in [1.807, 2.05) is 0 Å². The number of hydrogen-bond acceptors (Lipinski definition) is 0. The van der Waals surface area contributed by atoms with Crippen molar-refractivity contribution in [3.05, 3.63) is 94.4 Å². The summed E-state index contributed by atoms with van der Waals surface area (Å²) in [6.45, 7) is 9.28. The highest BCUT2D eigenvalue weighted by Gasteiger charge is 2.25. The first-order valence-corrected chi connectivity index (χ1v) is 12.1. The van der Waals surface area contributed by atoms with Crippen LogP contribution in [0.15, 0.2) is 72.8 Å². The molecule has 0 saturated carbocycles. The van der Waals surface area contributed by atoms with Crippen molar-refractivity contribution in [3.63, 3.8) is 0 Å². The van der Waals surface area contributed by atoms with E-state index >= 15 is 0 Å². The smallest absolute Gasteiger partial charge is 0.000763 e. The highest BCUT2D eigenvalue weighted by atomic mass is 14.3. The zero-order valence-corrected chi connectivity index (χ0v) is 18.8. The van der Waals surface area contributed by atoms with Crippen molar-refractivity contribution < 1.29 is 0 Å². The Morgan fingerprint density at radius 3 is 1.79 bits per heavy atom. The quantitative estimate of drug-likeness (QED) is 0.173. The van der Waals surface area contributed by atoms with Crippen molar-refractivity contribution >= 4 is 88.6 Å². The minimum absolute atomic E-state index is 1.05. The van der Waals surface area contributed by atoms with Gasteiger partial charge in [0.2, 0.25) is 0 Å². The third-order valence-electron chi connectivity index (χ3n) is 8.66. The lowest BCUT2D eigenvalue weighted by molar-refractivity contribution is 0.964. The van der Waals surface area contributed by atoms with E-state index in [4.69, 9.17) is 6.58 Å². The van der Waals surface area contributed by atoms with Gasteiger partial charge >= 0.3 is 0 Å². The van der Waals surface area contributed by atoms with E-state index in [9.17, 15) is 0 Å². The summed E-state index contributed by atoms with van der Waals surface area (Å²) < 4.78 is 0. The van der Waals surface area contributed by atoms with Gasteiger partial charge in [-0.1, -0.05) is 86.0 Å². The number of fused-ring (bicyclic) bond motifs is 3. The third-order valence-corrected chi connectivity index (χ3v) is 8.66. The zero-order valence-electron chi connectivity index (χ0n) is 18.8. The van der Waals surface area contributed by atoms with Crippen molar-refractivity contribution in [2.45, 2.75) is 12.8 Å². The van der Waals surface area contributed by atoms with Crippen molar-refractivity contribution in [2.75, 3.05) is 0 Å². The largest absolute Gasteiger partial charge is 0.0911 e. The molecule has 1 aliphatic carbocycles. The van der Waals surface area contributed by atoms with E-state index < -0.39 is 0 Å². The predicted molar refractivity (Wildman–Crippen MR) is 149 cm³/mol. The van der Waals surface area contributed by atoms with Crippen LogP contribution >= 0.6 is 0 Å². The van der Waals surface area contributed by atoms with E-state index in [0.29, 0.717) is 0 Å². The van der Waals surface area contributed by atoms with Crippen LogP contribution in [0.5, 0.6) is 0 Å². The minimum atomic E-state index is 1.05. The van der Waals surface area contributed by atoms with Gasteiger partial charge in [-0.05, 0) is 110 Å². The summed E-state index contributed by atoms with van der Waals surface area (Å²) in [5.41, 5.74) is 2.92. The second-order valence-corrected chi connectivity index (χ2v) is 10.1.